The minimum atomic E-state index is 0. The molecule has 0 saturated heterocycles. The molecule has 0 aliphatic carbocycles. The van der Waals surface area contributed by atoms with Gasteiger partial charge >= 0.3 is 0 Å². The highest BCUT2D eigenvalue weighted by Gasteiger charge is 2.23. The van der Waals surface area contributed by atoms with Gasteiger partial charge in [0.15, 0.2) is 5.96 Å². The molecule has 29 heavy (non-hydrogen) atoms. The van der Waals surface area contributed by atoms with Gasteiger partial charge in [-0.05, 0) is 43.5 Å². The minimum absolute atomic E-state index is 0. The third-order valence-corrected chi connectivity index (χ3v) is 4.79. The molecule has 6 nitrogen and oxygen atoms in total. The van der Waals surface area contributed by atoms with E-state index in [1.807, 2.05) is 49.1 Å². The van der Waals surface area contributed by atoms with Crippen LogP contribution < -0.4 is 20.3 Å². The number of nitrogens with zero attached hydrogens (tertiary/aromatic N) is 2. The van der Waals surface area contributed by atoms with Crippen LogP contribution in [0.4, 0.5) is 5.69 Å². The molecular weight excluding hydrogens is 479 g/mol. The van der Waals surface area contributed by atoms with Gasteiger partial charge in [-0.3, -0.25) is 9.79 Å². The third-order valence-electron chi connectivity index (χ3n) is 4.79. The van der Waals surface area contributed by atoms with Crippen LogP contribution in [0.1, 0.15) is 23.6 Å². The number of guanidine groups is 1. The van der Waals surface area contributed by atoms with E-state index in [4.69, 9.17) is 4.74 Å². The molecule has 0 spiro atoms. The molecule has 1 amide bonds. The fourth-order valence-electron chi connectivity index (χ4n) is 3.35. The van der Waals surface area contributed by atoms with Crippen molar-refractivity contribution in [3.63, 3.8) is 0 Å². The Balaban J connectivity index is 0.00000300. The average Bonchev–Trinajstić information content (AvgIpc) is 3.13. The molecule has 0 fully saturated rings. The molecule has 0 unspecified atom stereocenters. The van der Waals surface area contributed by atoms with E-state index < -0.39 is 0 Å². The van der Waals surface area contributed by atoms with E-state index in [0.717, 1.165) is 35.5 Å². The fourth-order valence-corrected chi connectivity index (χ4v) is 3.35. The molecule has 0 bridgehead atoms. The number of benzene rings is 2. The van der Waals surface area contributed by atoms with E-state index in [9.17, 15) is 4.79 Å². The second-order valence-electron chi connectivity index (χ2n) is 6.75. The van der Waals surface area contributed by atoms with Crippen LogP contribution in [0.2, 0.25) is 0 Å². The molecular formula is C22H29IN4O2. The van der Waals surface area contributed by atoms with Crippen LogP contribution in [0, 0.1) is 6.92 Å². The normalized spacial score (nSPS) is 12.8. The number of amides is 1. The van der Waals surface area contributed by atoms with Gasteiger partial charge in [-0.1, -0.05) is 30.3 Å². The van der Waals surface area contributed by atoms with Crippen molar-refractivity contribution in [2.75, 3.05) is 31.6 Å². The van der Waals surface area contributed by atoms with Gasteiger partial charge < -0.3 is 20.3 Å². The number of hydrogen-bond donors (Lipinski definition) is 2. The summed E-state index contributed by atoms with van der Waals surface area (Å²) in [6, 6.07) is 14.2. The molecule has 0 aromatic heterocycles. The van der Waals surface area contributed by atoms with E-state index in [1.54, 1.807) is 7.05 Å². The Bertz CT molecular complexity index is 870. The van der Waals surface area contributed by atoms with Gasteiger partial charge in [0.25, 0.3) is 0 Å². The maximum absolute atomic E-state index is 12.6. The zero-order valence-electron chi connectivity index (χ0n) is 17.2. The predicted molar refractivity (Wildman–Crippen MR) is 128 cm³/mol. The number of carbonyl (C=O) groups is 1. The first-order chi connectivity index (χ1) is 13.6. The maximum atomic E-state index is 12.6. The summed E-state index contributed by atoms with van der Waals surface area (Å²) < 4.78 is 5.72. The van der Waals surface area contributed by atoms with Crippen molar-refractivity contribution in [2.24, 2.45) is 4.99 Å². The number of aliphatic imine (C=N–C) groups is 1. The number of aryl methyl sites for hydroxylation is 1. The van der Waals surface area contributed by atoms with Crippen molar-refractivity contribution in [1.29, 1.82) is 0 Å². The van der Waals surface area contributed by atoms with Gasteiger partial charge in [0.1, 0.15) is 5.75 Å². The molecule has 2 aromatic carbocycles. The summed E-state index contributed by atoms with van der Waals surface area (Å²) in [5.74, 6) is 1.50. The van der Waals surface area contributed by atoms with Crippen molar-refractivity contribution in [2.45, 2.75) is 26.8 Å². The van der Waals surface area contributed by atoms with Crippen LogP contribution in [0.25, 0.3) is 0 Å². The lowest BCUT2D eigenvalue weighted by molar-refractivity contribution is -0.117. The van der Waals surface area contributed by atoms with Crippen LogP contribution in [0.15, 0.2) is 47.5 Å². The number of ether oxygens (including phenoxy) is 1. The number of fused-ring (bicyclic) bond motifs is 1. The van der Waals surface area contributed by atoms with Crippen LogP contribution in [0.5, 0.6) is 5.75 Å². The Morgan fingerprint density at radius 2 is 2.00 bits per heavy atom. The summed E-state index contributed by atoms with van der Waals surface area (Å²) in [4.78, 5) is 18.7. The molecule has 0 atom stereocenters. The first kappa shape index (κ1) is 23.0. The quantitative estimate of drug-likeness (QED) is 0.357. The zero-order valence-corrected chi connectivity index (χ0v) is 19.5. The summed E-state index contributed by atoms with van der Waals surface area (Å²) in [7, 11) is 1.70. The number of anilines is 1. The second kappa shape index (κ2) is 11.0. The Morgan fingerprint density at radius 1 is 1.21 bits per heavy atom. The number of nitrogens with one attached hydrogen (secondary N) is 2. The van der Waals surface area contributed by atoms with E-state index in [1.165, 1.54) is 5.56 Å². The SMILES string of the molecule is CCOc1cc(C)ccc1CNC(=NC)NCC(=O)N1CCc2ccccc21.I. The van der Waals surface area contributed by atoms with Gasteiger partial charge in [-0.2, -0.15) is 0 Å². The monoisotopic (exact) mass is 508 g/mol. The summed E-state index contributed by atoms with van der Waals surface area (Å²) in [6.45, 7) is 6.13. The van der Waals surface area contributed by atoms with Crippen LogP contribution >= 0.6 is 24.0 Å². The number of rotatable bonds is 6. The highest BCUT2D eigenvalue weighted by molar-refractivity contribution is 14.0. The molecule has 1 aliphatic heterocycles. The topological polar surface area (TPSA) is 66.0 Å². The molecule has 7 heteroatoms. The summed E-state index contributed by atoms with van der Waals surface area (Å²) >= 11 is 0. The van der Waals surface area contributed by atoms with Crippen molar-refractivity contribution < 1.29 is 9.53 Å². The standard InChI is InChI=1S/C22H28N4O2.HI/c1-4-28-20-13-16(2)9-10-18(20)14-24-22(23-3)25-15-21(27)26-12-11-17-7-5-6-8-19(17)26;/h5-10,13H,4,11-12,14-15H2,1-3H3,(H2,23,24,25);1H. The molecule has 3 rings (SSSR count). The Labute approximate surface area is 189 Å². The summed E-state index contributed by atoms with van der Waals surface area (Å²) in [5.41, 5.74) is 4.45. The van der Waals surface area contributed by atoms with Crippen molar-refractivity contribution in [1.82, 2.24) is 10.6 Å². The lowest BCUT2D eigenvalue weighted by Crippen LogP contribution is -2.44. The maximum Gasteiger partial charge on any atom is 0.246 e. The van der Waals surface area contributed by atoms with Crippen LogP contribution in [-0.4, -0.2) is 38.6 Å². The first-order valence-electron chi connectivity index (χ1n) is 9.67. The minimum Gasteiger partial charge on any atom is -0.494 e. The van der Waals surface area contributed by atoms with E-state index >= 15 is 0 Å². The molecule has 1 heterocycles. The lowest BCUT2D eigenvalue weighted by atomic mass is 10.1. The fraction of sp³-hybridized carbons (Fsp3) is 0.364. The number of para-hydroxylation sites is 1. The largest absolute Gasteiger partial charge is 0.494 e. The molecule has 0 saturated carbocycles. The van der Waals surface area contributed by atoms with Crippen LogP contribution in [-0.2, 0) is 17.8 Å². The average molecular weight is 508 g/mol. The third kappa shape index (κ3) is 5.85. The molecule has 0 radical (unpaired) electrons. The van der Waals surface area contributed by atoms with E-state index in [-0.39, 0.29) is 36.4 Å². The van der Waals surface area contributed by atoms with Crippen molar-refractivity contribution in [3.05, 3.63) is 59.2 Å². The van der Waals surface area contributed by atoms with Crippen molar-refractivity contribution in [3.8, 4) is 5.75 Å². The molecule has 2 aromatic rings. The van der Waals surface area contributed by atoms with E-state index in [0.29, 0.717) is 19.1 Å². The molecule has 2 N–H and O–H groups in total. The van der Waals surface area contributed by atoms with Crippen LogP contribution in [0.3, 0.4) is 0 Å². The van der Waals surface area contributed by atoms with Gasteiger partial charge in [-0.25, -0.2) is 0 Å². The van der Waals surface area contributed by atoms with Crippen molar-refractivity contribution >= 4 is 41.5 Å². The first-order valence-corrected chi connectivity index (χ1v) is 9.67. The highest BCUT2D eigenvalue weighted by Crippen LogP contribution is 2.27. The second-order valence-corrected chi connectivity index (χ2v) is 6.75. The lowest BCUT2D eigenvalue weighted by Gasteiger charge is -2.19. The number of halogens is 1. The smallest absolute Gasteiger partial charge is 0.246 e. The zero-order chi connectivity index (χ0) is 19.9. The summed E-state index contributed by atoms with van der Waals surface area (Å²) in [6.07, 6.45) is 0.905. The molecule has 156 valence electrons. The highest BCUT2D eigenvalue weighted by atomic mass is 127. The van der Waals surface area contributed by atoms with Gasteiger partial charge in [0, 0.05) is 31.4 Å². The predicted octanol–water partition coefficient (Wildman–Crippen LogP) is 3.27. The Morgan fingerprint density at radius 3 is 2.76 bits per heavy atom. The van der Waals surface area contributed by atoms with Gasteiger partial charge in [0.05, 0.1) is 13.2 Å². The Kier molecular flexibility index (Phi) is 8.75. The summed E-state index contributed by atoms with van der Waals surface area (Å²) in [5, 5.41) is 6.37. The number of hydrogen-bond acceptors (Lipinski definition) is 3. The Hall–Kier alpha value is -2.29. The van der Waals surface area contributed by atoms with E-state index in [2.05, 4.69) is 27.8 Å². The van der Waals surface area contributed by atoms with Gasteiger partial charge in [0.2, 0.25) is 5.91 Å². The number of carbonyl (C=O) groups excluding carboxylic acids is 1. The molecule has 1 aliphatic rings. The van der Waals surface area contributed by atoms with Gasteiger partial charge in [-0.15, -0.1) is 24.0 Å².